The lowest BCUT2D eigenvalue weighted by molar-refractivity contribution is 0.118. The van der Waals surface area contributed by atoms with E-state index in [1.807, 2.05) is 24.3 Å². The first-order valence-corrected chi connectivity index (χ1v) is 12.4. The Morgan fingerprint density at radius 2 is 1.64 bits per heavy atom. The maximum Gasteiger partial charge on any atom is 0.126 e. The zero-order valence-corrected chi connectivity index (χ0v) is 19.7. The predicted octanol–water partition coefficient (Wildman–Crippen LogP) is 7.07. The van der Waals surface area contributed by atoms with Crippen molar-refractivity contribution in [2.75, 3.05) is 0 Å². The Kier molecular flexibility index (Phi) is 8.43. The highest BCUT2D eigenvalue weighted by molar-refractivity contribution is 5.43. The molecule has 1 N–H and O–H groups in total. The summed E-state index contributed by atoms with van der Waals surface area (Å²) in [4.78, 5) is 0. The van der Waals surface area contributed by atoms with Crippen molar-refractivity contribution in [3.8, 4) is 11.5 Å². The average Bonchev–Trinajstić information content (AvgIpc) is 2.84. The molecule has 3 aromatic rings. The predicted molar refractivity (Wildman–Crippen MR) is 134 cm³/mol. The number of rotatable bonds is 10. The van der Waals surface area contributed by atoms with E-state index in [0.29, 0.717) is 12.5 Å². The van der Waals surface area contributed by atoms with E-state index in [4.69, 9.17) is 9.47 Å². The fourth-order valence-electron chi connectivity index (χ4n) is 4.76. The van der Waals surface area contributed by atoms with Crippen LogP contribution in [0, 0.1) is 0 Å². The number of ether oxygens (including phenoxy) is 2. The molecule has 0 spiro atoms. The van der Waals surface area contributed by atoms with Gasteiger partial charge < -0.3 is 14.6 Å². The summed E-state index contributed by atoms with van der Waals surface area (Å²) in [5.74, 6) is 2.06. The van der Waals surface area contributed by atoms with Crippen LogP contribution in [-0.4, -0.2) is 17.3 Å². The van der Waals surface area contributed by atoms with E-state index in [0.717, 1.165) is 62.0 Å². The molecule has 1 aliphatic carbocycles. The van der Waals surface area contributed by atoms with Crippen LogP contribution in [0.25, 0.3) is 0 Å². The molecule has 174 valence electrons. The molecule has 33 heavy (non-hydrogen) atoms. The minimum atomic E-state index is -0.216. The Morgan fingerprint density at radius 1 is 0.909 bits per heavy atom. The molecule has 1 aliphatic rings. The third kappa shape index (κ3) is 7.10. The van der Waals surface area contributed by atoms with Gasteiger partial charge in [0.05, 0.1) is 12.2 Å². The summed E-state index contributed by atoms with van der Waals surface area (Å²) < 4.78 is 12.6. The first kappa shape index (κ1) is 23.4. The number of aliphatic hydroxyl groups is 1. The van der Waals surface area contributed by atoms with Gasteiger partial charge >= 0.3 is 0 Å². The van der Waals surface area contributed by atoms with E-state index in [9.17, 15) is 5.11 Å². The van der Waals surface area contributed by atoms with Gasteiger partial charge in [-0.25, -0.2) is 0 Å². The topological polar surface area (TPSA) is 38.7 Å². The van der Waals surface area contributed by atoms with Crippen molar-refractivity contribution in [2.24, 2.45) is 0 Å². The zero-order valence-electron chi connectivity index (χ0n) is 19.7. The highest BCUT2D eigenvalue weighted by Gasteiger charge is 2.24. The molecule has 0 aliphatic heterocycles. The van der Waals surface area contributed by atoms with Crippen LogP contribution in [0.5, 0.6) is 11.5 Å². The quantitative estimate of drug-likeness (QED) is 0.363. The number of aryl methyl sites for hydroxylation is 1. The summed E-state index contributed by atoms with van der Waals surface area (Å²) in [6.07, 6.45) is 6.95. The first-order chi connectivity index (χ1) is 16.2. The van der Waals surface area contributed by atoms with E-state index >= 15 is 0 Å². The maximum absolute atomic E-state index is 10.2. The van der Waals surface area contributed by atoms with Crippen LogP contribution in [0.2, 0.25) is 0 Å². The zero-order chi connectivity index (χ0) is 22.9. The van der Waals surface area contributed by atoms with Gasteiger partial charge in [-0.15, -0.1) is 0 Å². The summed E-state index contributed by atoms with van der Waals surface area (Å²) in [5, 5.41) is 10.2. The molecule has 1 saturated carbocycles. The molecule has 0 bridgehead atoms. The van der Waals surface area contributed by atoms with Gasteiger partial charge in [0.15, 0.2) is 0 Å². The van der Waals surface area contributed by atoms with Gasteiger partial charge in [0, 0.05) is 6.07 Å². The molecule has 1 fully saturated rings. The molecule has 0 amide bonds. The Morgan fingerprint density at radius 3 is 2.36 bits per heavy atom. The lowest BCUT2D eigenvalue weighted by Gasteiger charge is -2.28. The molecule has 0 aromatic heterocycles. The number of hydrogen-bond acceptors (Lipinski definition) is 3. The van der Waals surface area contributed by atoms with E-state index in [1.165, 1.54) is 11.1 Å². The normalized spacial score (nSPS) is 19.1. The monoisotopic (exact) mass is 444 g/mol. The number of hydrogen-bond donors (Lipinski definition) is 1. The van der Waals surface area contributed by atoms with Crippen LogP contribution >= 0.6 is 0 Å². The molecule has 0 heterocycles. The van der Waals surface area contributed by atoms with Crippen molar-refractivity contribution in [3.05, 3.63) is 95.6 Å². The van der Waals surface area contributed by atoms with Gasteiger partial charge in [-0.05, 0) is 74.1 Å². The van der Waals surface area contributed by atoms with E-state index in [1.54, 1.807) is 0 Å². The van der Waals surface area contributed by atoms with E-state index in [-0.39, 0.29) is 12.2 Å². The summed E-state index contributed by atoms with van der Waals surface area (Å²) in [7, 11) is 0. The fraction of sp³-hybridized carbons (Fsp3) is 0.400. The van der Waals surface area contributed by atoms with Crippen molar-refractivity contribution in [1.29, 1.82) is 0 Å². The summed E-state index contributed by atoms with van der Waals surface area (Å²) in [6, 6.07) is 27.1. The van der Waals surface area contributed by atoms with Crippen molar-refractivity contribution >= 4 is 0 Å². The Hall–Kier alpha value is -2.78. The summed E-state index contributed by atoms with van der Waals surface area (Å²) in [6.45, 7) is 2.67. The lowest BCUT2D eigenvalue weighted by Crippen LogP contribution is -2.19. The SMILES string of the molecule is CC(CCCc1ccccc1)Oc1ccc(C2CCCC(O)C2)c(OCc2ccccc2)c1. The molecule has 3 unspecified atom stereocenters. The second-order valence-corrected chi connectivity index (χ2v) is 9.30. The molecule has 4 rings (SSSR count). The van der Waals surface area contributed by atoms with Gasteiger partial charge in [0.25, 0.3) is 0 Å². The van der Waals surface area contributed by atoms with Crippen molar-refractivity contribution in [1.82, 2.24) is 0 Å². The highest BCUT2D eigenvalue weighted by Crippen LogP contribution is 2.39. The highest BCUT2D eigenvalue weighted by atomic mass is 16.5. The summed E-state index contributed by atoms with van der Waals surface area (Å²) >= 11 is 0. The van der Waals surface area contributed by atoms with Crippen LogP contribution < -0.4 is 9.47 Å². The molecule has 0 saturated heterocycles. The first-order valence-electron chi connectivity index (χ1n) is 12.4. The molecular formula is C30H36O3. The number of benzene rings is 3. The molecule has 3 heteroatoms. The Labute approximate surface area is 198 Å². The van der Waals surface area contributed by atoms with Crippen molar-refractivity contribution in [3.63, 3.8) is 0 Å². The van der Waals surface area contributed by atoms with Gasteiger partial charge in [0.2, 0.25) is 0 Å². The van der Waals surface area contributed by atoms with Crippen LogP contribution in [0.15, 0.2) is 78.9 Å². The van der Waals surface area contributed by atoms with Gasteiger partial charge in [-0.3, -0.25) is 0 Å². The maximum atomic E-state index is 10.2. The minimum Gasteiger partial charge on any atom is -0.491 e. The summed E-state index contributed by atoms with van der Waals surface area (Å²) in [5.41, 5.74) is 3.71. The fourth-order valence-corrected chi connectivity index (χ4v) is 4.76. The lowest BCUT2D eigenvalue weighted by atomic mass is 9.82. The van der Waals surface area contributed by atoms with Crippen LogP contribution in [0.3, 0.4) is 0 Å². The van der Waals surface area contributed by atoms with Crippen LogP contribution in [-0.2, 0) is 13.0 Å². The third-order valence-corrected chi connectivity index (χ3v) is 6.56. The average molecular weight is 445 g/mol. The molecular weight excluding hydrogens is 408 g/mol. The molecule has 3 atom stereocenters. The van der Waals surface area contributed by atoms with Crippen molar-refractivity contribution < 1.29 is 14.6 Å². The minimum absolute atomic E-state index is 0.137. The smallest absolute Gasteiger partial charge is 0.126 e. The van der Waals surface area contributed by atoms with Gasteiger partial charge in [-0.1, -0.05) is 73.2 Å². The van der Waals surface area contributed by atoms with Crippen LogP contribution in [0.4, 0.5) is 0 Å². The second kappa shape index (κ2) is 11.9. The largest absolute Gasteiger partial charge is 0.491 e. The van der Waals surface area contributed by atoms with E-state index < -0.39 is 0 Å². The van der Waals surface area contributed by atoms with Crippen LogP contribution in [0.1, 0.15) is 68.1 Å². The van der Waals surface area contributed by atoms with Gasteiger partial charge in [-0.2, -0.15) is 0 Å². The van der Waals surface area contributed by atoms with Crippen molar-refractivity contribution in [2.45, 2.75) is 76.6 Å². The standard InChI is InChI=1S/C30H36O3/c1-23(10-8-15-24-11-4-2-5-12-24)33-28-18-19-29(26-16-9-17-27(31)20-26)30(21-28)32-22-25-13-6-3-7-14-25/h2-7,11-14,18-19,21,23,26-27,31H,8-10,15-17,20,22H2,1H3. The number of aliphatic hydroxyl groups excluding tert-OH is 1. The molecule has 3 aromatic carbocycles. The third-order valence-electron chi connectivity index (χ3n) is 6.56. The molecule has 3 nitrogen and oxygen atoms in total. The second-order valence-electron chi connectivity index (χ2n) is 9.30. The van der Waals surface area contributed by atoms with E-state index in [2.05, 4.69) is 61.5 Å². The molecule has 0 radical (unpaired) electrons. The van der Waals surface area contributed by atoms with Gasteiger partial charge in [0.1, 0.15) is 18.1 Å². The Bertz CT molecular complexity index is 970. The Balaban J connectivity index is 1.41.